The van der Waals surface area contributed by atoms with Crippen LogP contribution in [0.2, 0.25) is 0 Å². The molecule has 4 rings (SSSR count). The molecule has 11 heteroatoms. The normalized spacial score (nSPS) is 14.2. The number of aromatic nitrogens is 3. The number of rotatable bonds is 6. The van der Waals surface area contributed by atoms with Gasteiger partial charge in [-0.3, -0.25) is 9.59 Å². The minimum Gasteiger partial charge on any atom is -0.492 e. The Morgan fingerprint density at radius 2 is 1.71 bits per heavy atom. The highest BCUT2D eigenvalue weighted by Crippen LogP contribution is 2.29. The quantitative estimate of drug-likeness (QED) is 0.548. The fraction of sp³-hybridized carbons (Fsp3) is 0.304. The summed E-state index contributed by atoms with van der Waals surface area (Å²) >= 11 is 0. The lowest BCUT2D eigenvalue weighted by atomic mass is 10.2. The number of alkyl halides is 3. The molecule has 0 spiro atoms. The molecular weight excluding hydrogens is 451 g/mol. The molecule has 0 radical (unpaired) electrons. The van der Waals surface area contributed by atoms with Crippen molar-refractivity contribution in [1.82, 2.24) is 19.7 Å². The number of carbonyl (C=O) groups excluding carboxylic acids is 1. The summed E-state index contributed by atoms with van der Waals surface area (Å²) in [7, 11) is 0. The summed E-state index contributed by atoms with van der Waals surface area (Å²) in [5, 5.41) is 4.19. The highest BCUT2D eigenvalue weighted by atomic mass is 19.4. The van der Waals surface area contributed by atoms with Crippen molar-refractivity contribution in [3.8, 4) is 5.75 Å². The minimum atomic E-state index is -4.44. The van der Waals surface area contributed by atoms with E-state index in [0.29, 0.717) is 37.7 Å². The maximum atomic E-state index is 12.9. The summed E-state index contributed by atoms with van der Waals surface area (Å²) < 4.78 is 45.0. The molecule has 34 heavy (non-hydrogen) atoms. The van der Waals surface area contributed by atoms with E-state index < -0.39 is 11.7 Å². The summed E-state index contributed by atoms with van der Waals surface area (Å²) in [4.78, 5) is 32.4. The predicted octanol–water partition coefficient (Wildman–Crippen LogP) is 2.70. The maximum Gasteiger partial charge on any atom is 0.417 e. The number of hydrogen-bond donors (Lipinski definition) is 0. The number of para-hydroxylation sites is 1. The highest BCUT2D eigenvalue weighted by molar-refractivity contribution is 5.92. The molecule has 1 saturated heterocycles. The zero-order valence-electron chi connectivity index (χ0n) is 18.1. The molecular formula is C23H22F3N5O3. The molecule has 0 atom stereocenters. The van der Waals surface area contributed by atoms with Gasteiger partial charge >= 0.3 is 6.18 Å². The Bertz CT molecular complexity index is 1170. The first-order chi connectivity index (χ1) is 16.3. The van der Waals surface area contributed by atoms with Crippen molar-refractivity contribution >= 4 is 11.7 Å². The molecule has 178 valence electrons. The smallest absolute Gasteiger partial charge is 0.417 e. The third-order valence-corrected chi connectivity index (χ3v) is 5.37. The Kier molecular flexibility index (Phi) is 6.80. The van der Waals surface area contributed by atoms with Crippen LogP contribution in [-0.2, 0) is 12.7 Å². The van der Waals surface area contributed by atoms with E-state index in [1.54, 1.807) is 17.0 Å². The lowest BCUT2D eigenvalue weighted by Gasteiger charge is -2.35. The van der Waals surface area contributed by atoms with E-state index in [1.165, 1.54) is 22.9 Å². The number of pyridine rings is 1. The molecule has 0 saturated carbocycles. The van der Waals surface area contributed by atoms with E-state index >= 15 is 0 Å². The molecule has 3 aromatic rings. The summed E-state index contributed by atoms with van der Waals surface area (Å²) in [6.07, 6.45) is -3.63. The fourth-order valence-corrected chi connectivity index (χ4v) is 3.53. The summed E-state index contributed by atoms with van der Waals surface area (Å²) in [6.45, 7) is 1.91. The van der Waals surface area contributed by atoms with Crippen LogP contribution < -0.4 is 15.2 Å². The highest BCUT2D eigenvalue weighted by Gasteiger charge is 2.31. The summed E-state index contributed by atoms with van der Waals surface area (Å²) in [5.74, 6) is 0.770. The van der Waals surface area contributed by atoms with Crippen LogP contribution in [0.4, 0.5) is 19.0 Å². The molecule has 0 aliphatic carbocycles. The van der Waals surface area contributed by atoms with Gasteiger partial charge in [0, 0.05) is 38.4 Å². The van der Waals surface area contributed by atoms with Gasteiger partial charge in [-0.05, 0) is 30.3 Å². The van der Waals surface area contributed by atoms with Crippen LogP contribution in [0.1, 0.15) is 16.1 Å². The number of nitrogens with zero attached hydrogens (tertiary/aromatic N) is 5. The number of benzene rings is 1. The topological polar surface area (TPSA) is 80.6 Å². The number of amides is 1. The second-order valence-electron chi connectivity index (χ2n) is 7.62. The first kappa shape index (κ1) is 23.3. The van der Waals surface area contributed by atoms with E-state index in [9.17, 15) is 22.8 Å². The fourth-order valence-electron chi connectivity index (χ4n) is 3.53. The van der Waals surface area contributed by atoms with Gasteiger partial charge in [0.05, 0.1) is 12.1 Å². The monoisotopic (exact) mass is 473 g/mol. The van der Waals surface area contributed by atoms with Gasteiger partial charge < -0.3 is 14.5 Å². The van der Waals surface area contributed by atoms with Gasteiger partial charge in [0.25, 0.3) is 11.5 Å². The maximum absolute atomic E-state index is 12.9. The molecule has 1 amide bonds. The van der Waals surface area contributed by atoms with Crippen molar-refractivity contribution in [2.75, 3.05) is 37.7 Å². The molecule has 1 aliphatic heterocycles. The lowest BCUT2D eigenvalue weighted by Crippen LogP contribution is -2.49. The van der Waals surface area contributed by atoms with Crippen LogP contribution in [0.25, 0.3) is 0 Å². The number of carbonyl (C=O) groups is 1. The van der Waals surface area contributed by atoms with E-state index in [1.807, 2.05) is 23.1 Å². The summed E-state index contributed by atoms with van der Waals surface area (Å²) in [6, 6.07) is 14.2. The van der Waals surface area contributed by atoms with Gasteiger partial charge in [0.15, 0.2) is 0 Å². The van der Waals surface area contributed by atoms with Crippen molar-refractivity contribution in [1.29, 1.82) is 0 Å². The molecule has 1 fully saturated rings. The number of piperazine rings is 1. The minimum absolute atomic E-state index is 0.139. The summed E-state index contributed by atoms with van der Waals surface area (Å²) in [5.41, 5.74) is -1.01. The SMILES string of the molecule is O=C(c1ccc(=O)n(CCOc2ccccc2)n1)N1CCN(c2ccc(C(F)(F)F)cn2)CC1. The Morgan fingerprint density at radius 3 is 2.35 bits per heavy atom. The van der Waals surface area contributed by atoms with Crippen molar-refractivity contribution < 1.29 is 22.7 Å². The van der Waals surface area contributed by atoms with Gasteiger partial charge in [-0.2, -0.15) is 18.3 Å². The van der Waals surface area contributed by atoms with Crippen LogP contribution >= 0.6 is 0 Å². The molecule has 0 N–H and O–H groups in total. The van der Waals surface area contributed by atoms with Crippen molar-refractivity contribution in [3.05, 3.63) is 82.4 Å². The van der Waals surface area contributed by atoms with Crippen LogP contribution in [0.3, 0.4) is 0 Å². The average molecular weight is 473 g/mol. The molecule has 2 aromatic heterocycles. The second-order valence-corrected chi connectivity index (χ2v) is 7.62. The van der Waals surface area contributed by atoms with Gasteiger partial charge in [-0.15, -0.1) is 0 Å². The van der Waals surface area contributed by atoms with Gasteiger partial charge in [0.2, 0.25) is 0 Å². The molecule has 0 unspecified atom stereocenters. The van der Waals surface area contributed by atoms with Gasteiger partial charge in [0.1, 0.15) is 23.9 Å². The van der Waals surface area contributed by atoms with Gasteiger partial charge in [-0.25, -0.2) is 9.67 Å². The van der Waals surface area contributed by atoms with Crippen LogP contribution in [0.5, 0.6) is 5.75 Å². The zero-order valence-corrected chi connectivity index (χ0v) is 18.1. The number of hydrogen-bond acceptors (Lipinski definition) is 6. The molecule has 1 aromatic carbocycles. The largest absolute Gasteiger partial charge is 0.492 e. The number of anilines is 1. The van der Waals surface area contributed by atoms with E-state index in [0.717, 1.165) is 12.3 Å². The van der Waals surface area contributed by atoms with Crippen LogP contribution in [0, 0.1) is 0 Å². The molecule has 1 aliphatic rings. The van der Waals surface area contributed by atoms with E-state index in [4.69, 9.17) is 4.74 Å². The molecule has 0 bridgehead atoms. The number of ether oxygens (including phenoxy) is 1. The number of halogens is 3. The van der Waals surface area contributed by atoms with E-state index in [2.05, 4.69) is 10.1 Å². The standard InChI is InChI=1S/C23H22F3N5O3/c24-23(25,26)17-6-8-20(27-16-17)29-10-12-30(13-11-29)22(33)19-7-9-21(32)31(28-19)14-15-34-18-4-2-1-3-5-18/h1-9,16H,10-15H2. The Morgan fingerprint density at radius 1 is 0.971 bits per heavy atom. The first-order valence-corrected chi connectivity index (χ1v) is 10.6. The van der Waals surface area contributed by atoms with E-state index in [-0.39, 0.29) is 30.3 Å². The van der Waals surface area contributed by atoms with Crippen LogP contribution in [0.15, 0.2) is 65.6 Å². The Balaban J connectivity index is 1.34. The zero-order chi connectivity index (χ0) is 24.1. The predicted molar refractivity (Wildman–Crippen MR) is 118 cm³/mol. The van der Waals surface area contributed by atoms with Crippen LogP contribution in [-0.4, -0.2) is 58.4 Å². The second kappa shape index (κ2) is 9.94. The lowest BCUT2D eigenvalue weighted by molar-refractivity contribution is -0.137. The molecule has 3 heterocycles. The van der Waals surface area contributed by atoms with Crippen molar-refractivity contribution in [2.24, 2.45) is 0 Å². The Hall–Kier alpha value is -3.89. The third kappa shape index (κ3) is 5.53. The third-order valence-electron chi connectivity index (χ3n) is 5.37. The Labute approximate surface area is 193 Å². The molecule has 8 nitrogen and oxygen atoms in total. The van der Waals surface area contributed by atoms with Crippen molar-refractivity contribution in [3.63, 3.8) is 0 Å². The average Bonchev–Trinajstić information content (AvgIpc) is 2.85. The van der Waals surface area contributed by atoms with Gasteiger partial charge in [-0.1, -0.05) is 18.2 Å². The van der Waals surface area contributed by atoms with Crippen molar-refractivity contribution in [2.45, 2.75) is 12.7 Å². The first-order valence-electron chi connectivity index (χ1n) is 10.6.